The molecule has 1 aromatic carbocycles. The molecule has 0 N–H and O–H groups in total. The van der Waals surface area contributed by atoms with Gasteiger partial charge < -0.3 is 9.64 Å². The van der Waals surface area contributed by atoms with Crippen molar-refractivity contribution in [2.24, 2.45) is 0 Å². The van der Waals surface area contributed by atoms with Crippen molar-refractivity contribution in [1.29, 1.82) is 0 Å². The standard InChI is InChI=1S/C16H18N2O/c1-2-4-15(5-3-1)19-16-8-12-18(13-9-16)14-6-10-17-11-7-14/h1-7,10-11,16H,8-9,12-13H2. The minimum atomic E-state index is 0.334. The molecule has 1 saturated heterocycles. The number of hydrogen-bond donors (Lipinski definition) is 0. The lowest BCUT2D eigenvalue weighted by Crippen LogP contribution is -2.38. The molecule has 1 aromatic heterocycles. The van der Waals surface area contributed by atoms with Gasteiger partial charge in [-0.3, -0.25) is 4.98 Å². The van der Waals surface area contributed by atoms with Gasteiger partial charge >= 0.3 is 0 Å². The highest BCUT2D eigenvalue weighted by atomic mass is 16.5. The molecule has 19 heavy (non-hydrogen) atoms. The number of piperidine rings is 1. The van der Waals surface area contributed by atoms with E-state index in [1.807, 2.05) is 42.7 Å². The van der Waals surface area contributed by atoms with Crippen LogP contribution in [0.1, 0.15) is 12.8 Å². The minimum absolute atomic E-state index is 0.334. The quantitative estimate of drug-likeness (QED) is 0.841. The number of hydrogen-bond acceptors (Lipinski definition) is 3. The van der Waals surface area contributed by atoms with Crippen LogP contribution in [0.15, 0.2) is 54.9 Å². The number of benzene rings is 1. The first-order valence-corrected chi connectivity index (χ1v) is 6.78. The first-order valence-electron chi connectivity index (χ1n) is 6.78. The van der Waals surface area contributed by atoms with Gasteiger partial charge in [-0.1, -0.05) is 18.2 Å². The number of rotatable bonds is 3. The van der Waals surface area contributed by atoms with Crippen LogP contribution in [0.25, 0.3) is 0 Å². The highest BCUT2D eigenvalue weighted by molar-refractivity contribution is 5.44. The Bertz CT molecular complexity index is 493. The number of pyridine rings is 1. The third-order valence-electron chi connectivity index (χ3n) is 3.52. The SMILES string of the molecule is c1ccc(OC2CCN(c3ccncc3)CC2)cc1. The molecule has 3 heteroatoms. The Morgan fingerprint density at radius 2 is 1.63 bits per heavy atom. The molecule has 0 radical (unpaired) electrons. The maximum Gasteiger partial charge on any atom is 0.119 e. The molecule has 2 aromatic rings. The summed E-state index contributed by atoms with van der Waals surface area (Å²) in [5, 5.41) is 0. The summed E-state index contributed by atoms with van der Waals surface area (Å²) in [5.74, 6) is 0.977. The van der Waals surface area contributed by atoms with Crippen LogP contribution >= 0.6 is 0 Å². The third-order valence-corrected chi connectivity index (χ3v) is 3.52. The van der Waals surface area contributed by atoms with Crippen LogP contribution in [0.5, 0.6) is 5.75 Å². The highest BCUT2D eigenvalue weighted by Crippen LogP contribution is 2.22. The van der Waals surface area contributed by atoms with E-state index in [4.69, 9.17) is 4.74 Å². The summed E-state index contributed by atoms with van der Waals surface area (Å²) in [6.45, 7) is 2.09. The molecule has 3 rings (SSSR count). The van der Waals surface area contributed by atoms with Crippen LogP contribution in [0.4, 0.5) is 5.69 Å². The van der Waals surface area contributed by atoms with E-state index < -0.39 is 0 Å². The Morgan fingerprint density at radius 1 is 0.947 bits per heavy atom. The molecule has 98 valence electrons. The molecule has 0 spiro atoms. The van der Waals surface area contributed by atoms with E-state index in [1.54, 1.807) is 0 Å². The Balaban J connectivity index is 1.55. The molecule has 0 bridgehead atoms. The Hall–Kier alpha value is -2.03. The van der Waals surface area contributed by atoms with Crippen LogP contribution in [0.2, 0.25) is 0 Å². The number of para-hydroxylation sites is 1. The molecule has 0 saturated carbocycles. The summed E-state index contributed by atoms with van der Waals surface area (Å²) < 4.78 is 6.00. The van der Waals surface area contributed by atoms with E-state index in [0.29, 0.717) is 6.10 Å². The molecular weight excluding hydrogens is 236 g/mol. The summed E-state index contributed by atoms with van der Waals surface area (Å²) in [7, 11) is 0. The fraction of sp³-hybridized carbons (Fsp3) is 0.312. The van der Waals surface area contributed by atoms with Crippen LogP contribution in [0.3, 0.4) is 0 Å². The van der Waals surface area contributed by atoms with Crippen LogP contribution in [-0.4, -0.2) is 24.2 Å². The number of aromatic nitrogens is 1. The molecule has 2 heterocycles. The molecule has 1 aliphatic rings. The summed E-state index contributed by atoms with van der Waals surface area (Å²) in [4.78, 5) is 6.46. The normalized spacial score (nSPS) is 16.3. The molecule has 0 unspecified atom stereocenters. The van der Waals surface area contributed by atoms with Crippen molar-refractivity contribution < 1.29 is 4.74 Å². The monoisotopic (exact) mass is 254 g/mol. The van der Waals surface area contributed by atoms with Gasteiger partial charge in [0.2, 0.25) is 0 Å². The average Bonchev–Trinajstić information content (AvgIpc) is 2.50. The van der Waals surface area contributed by atoms with E-state index in [0.717, 1.165) is 31.7 Å². The van der Waals surface area contributed by atoms with Crippen LogP contribution in [0, 0.1) is 0 Å². The molecule has 3 nitrogen and oxygen atoms in total. The maximum absolute atomic E-state index is 6.00. The molecule has 1 aliphatic heterocycles. The Morgan fingerprint density at radius 3 is 2.32 bits per heavy atom. The van der Waals surface area contributed by atoms with Gasteiger partial charge in [0.15, 0.2) is 0 Å². The smallest absolute Gasteiger partial charge is 0.119 e. The Kier molecular flexibility index (Phi) is 3.63. The fourth-order valence-corrected chi connectivity index (χ4v) is 2.48. The van der Waals surface area contributed by atoms with Crippen molar-refractivity contribution in [3.63, 3.8) is 0 Å². The molecule has 0 atom stereocenters. The maximum atomic E-state index is 6.00. The largest absolute Gasteiger partial charge is 0.490 e. The van der Waals surface area contributed by atoms with Crippen molar-refractivity contribution in [3.8, 4) is 5.75 Å². The van der Waals surface area contributed by atoms with Crippen LogP contribution in [-0.2, 0) is 0 Å². The zero-order valence-corrected chi connectivity index (χ0v) is 10.9. The topological polar surface area (TPSA) is 25.4 Å². The lowest BCUT2D eigenvalue weighted by atomic mass is 10.1. The zero-order chi connectivity index (χ0) is 12.9. The third kappa shape index (κ3) is 3.05. The number of nitrogens with zero attached hydrogens (tertiary/aromatic N) is 2. The van der Waals surface area contributed by atoms with Crippen molar-refractivity contribution in [2.45, 2.75) is 18.9 Å². The molecule has 1 fully saturated rings. The minimum Gasteiger partial charge on any atom is -0.490 e. The van der Waals surface area contributed by atoms with E-state index in [9.17, 15) is 0 Å². The summed E-state index contributed by atoms with van der Waals surface area (Å²) >= 11 is 0. The summed E-state index contributed by atoms with van der Waals surface area (Å²) in [5.41, 5.74) is 1.26. The van der Waals surface area contributed by atoms with Gasteiger partial charge in [0, 0.05) is 44.0 Å². The van der Waals surface area contributed by atoms with Gasteiger partial charge in [0.1, 0.15) is 11.9 Å². The van der Waals surface area contributed by atoms with Crippen molar-refractivity contribution in [1.82, 2.24) is 4.98 Å². The van der Waals surface area contributed by atoms with Crippen LogP contribution < -0.4 is 9.64 Å². The lowest BCUT2D eigenvalue weighted by Gasteiger charge is -2.33. The number of anilines is 1. The molecule has 0 aliphatic carbocycles. The molecular formula is C16H18N2O. The number of ether oxygens (including phenoxy) is 1. The lowest BCUT2D eigenvalue weighted by molar-refractivity contribution is 0.171. The summed E-state index contributed by atoms with van der Waals surface area (Å²) in [6.07, 6.45) is 6.17. The average molecular weight is 254 g/mol. The Labute approximate surface area is 113 Å². The van der Waals surface area contributed by atoms with E-state index in [-0.39, 0.29) is 0 Å². The second kappa shape index (κ2) is 5.74. The van der Waals surface area contributed by atoms with Crippen molar-refractivity contribution >= 4 is 5.69 Å². The van der Waals surface area contributed by atoms with Gasteiger partial charge in [-0.15, -0.1) is 0 Å². The molecule has 0 amide bonds. The fourth-order valence-electron chi connectivity index (χ4n) is 2.48. The predicted molar refractivity (Wildman–Crippen MR) is 76.5 cm³/mol. The predicted octanol–water partition coefficient (Wildman–Crippen LogP) is 3.13. The van der Waals surface area contributed by atoms with Gasteiger partial charge in [-0.2, -0.15) is 0 Å². The first-order chi connectivity index (χ1) is 9.42. The second-order valence-corrected chi connectivity index (χ2v) is 4.82. The van der Waals surface area contributed by atoms with Gasteiger partial charge in [0.05, 0.1) is 0 Å². The second-order valence-electron chi connectivity index (χ2n) is 4.82. The van der Waals surface area contributed by atoms with Crippen molar-refractivity contribution in [2.75, 3.05) is 18.0 Å². The van der Waals surface area contributed by atoms with E-state index >= 15 is 0 Å². The summed E-state index contributed by atoms with van der Waals surface area (Å²) in [6, 6.07) is 14.2. The van der Waals surface area contributed by atoms with Crippen molar-refractivity contribution in [3.05, 3.63) is 54.9 Å². The van der Waals surface area contributed by atoms with E-state index in [2.05, 4.69) is 22.0 Å². The highest BCUT2D eigenvalue weighted by Gasteiger charge is 2.20. The van der Waals surface area contributed by atoms with Gasteiger partial charge in [-0.05, 0) is 24.3 Å². The zero-order valence-electron chi connectivity index (χ0n) is 10.9. The van der Waals surface area contributed by atoms with Gasteiger partial charge in [0.25, 0.3) is 0 Å². The van der Waals surface area contributed by atoms with E-state index in [1.165, 1.54) is 5.69 Å². The van der Waals surface area contributed by atoms with Gasteiger partial charge in [-0.25, -0.2) is 0 Å². The first kappa shape index (κ1) is 12.0.